The van der Waals surface area contributed by atoms with Gasteiger partial charge in [-0.05, 0) is 22.0 Å². The Morgan fingerprint density at radius 3 is 2.88 bits per heavy atom. The molecule has 1 rings (SSSR count). The van der Waals surface area contributed by atoms with Crippen LogP contribution in [0, 0.1) is 12.3 Å². The summed E-state index contributed by atoms with van der Waals surface area (Å²) in [6, 6.07) is 6.42. The van der Waals surface area contributed by atoms with Crippen molar-refractivity contribution in [2.45, 2.75) is 26.4 Å². The maximum atomic E-state index is 5.53. The topological polar surface area (TPSA) is 21.3 Å². The van der Waals surface area contributed by atoms with Gasteiger partial charge in [0.25, 0.3) is 0 Å². The van der Waals surface area contributed by atoms with Crippen molar-refractivity contribution in [1.82, 2.24) is 5.32 Å². The van der Waals surface area contributed by atoms with Gasteiger partial charge in [0.2, 0.25) is 0 Å². The van der Waals surface area contributed by atoms with Gasteiger partial charge in [-0.25, -0.2) is 0 Å². The van der Waals surface area contributed by atoms with E-state index in [1.165, 1.54) is 0 Å². The predicted octanol–water partition coefficient (Wildman–Crippen LogP) is 2.96. The average Bonchev–Trinajstić information content (AvgIpc) is 2.25. The first kappa shape index (κ1) is 13.1. The SMILES string of the molecule is C#CCOc1c(Br)cccc1CNC(C)C. The maximum Gasteiger partial charge on any atom is 0.148 e. The van der Waals surface area contributed by atoms with E-state index in [-0.39, 0.29) is 6.61 Å². The molecule has 1 N–H and O–H groups in total. The Kier molecular flexibility index (Phi) is 5.37. The van der Waals surface area contributed by atoms with Crippen LogP contribution in [0.1, 0.15) is 19.4 Å². The Hall–Kier alpha value is -0.980. The molecule has 3 heteroatoms. The number of rotatable bonds is 5. The molecule has 0 aliphatic rings. The van der Waals surface area contributed by atoms with Gasteiger partial charge in [-0.1, -0.05) is 31.9 Å². The van der Waals surface area contributed by atoms with E-state index in [4.69, 9.17) is 11.2 Å². The number of nitrogens with one attached hydrogen (secondary N) is 1. The van der Waals surface area contributed by atoms with Crippen LogP contribution in [0.2, 0.25) is 0 Å². The van der Waals surface area contributed by atoms with Crippen molar-refractivity contribution in [1.29, 1.82) is 0 Å². The highest BCUT2D eigenvalue weighted by atomic mass is 79.9. The highest BCUT2D eigenvalue weighted by molar-refractivity contribution is 9.10. The van der Waals surface area contributed by atoms with E-state index in [0.29, 0.717) is 6.04 Å². The molecular weight excluding hydrogens is 266 g/mol. The van der Waals surface area contributed by atoms with Gasteiger partial charge >= 0.3 is 0 Å². The zero-order valence-corrected chi connectivity index (χ0v) is 11.2. The molecule has 0 aliphatic heterocycles. The van der Waals surface area contributed by atoms with Gasteiger partial charge in [0, 0.05) is 18.2 Å². The van der Waals surface area contributed by atoms with Gasteiger partial charge < -0.3 is 10.1 Å². The summed E-state index contributed by atoms with van der Waals surface area (Å²) in [4.78, 5) is 0. The number of para-hydroxylation sites is 1. The van der Waals surface area contributed by atoms with Gasteiger partial charge in [0.1, 0.15) is 12.4 Å². The van der Waals surface area contributed by atoms with E-state index in [1.807, 2.05) is 18.2 Å². The molecule has 0 aliphatic carbocycles. The molecule has 0 fully saturated rings. The van der Waals surface area contributed by atoms with Crippen molar-refractivity contribution in [3.63, 3.8) is 0 Å². The van der Waals surface area contributed by atoms with Gasteiger partial charge in [-0.3, -0.25) is 0 Å². The lowest BCUT2D eigenvalue weighted by Gasteiger charge is -2.13. The lowest BCUT2D eigenvalue weighted by Crippen LogP contribution is -2.22. The number of benzene rings is 1. The van der Waals surface area contributed by atoms with Crippen molar-refractivity contribution >= 4 is 15.9 Å². The largest absolute Gasteiger partial charge is 0.479 e. The van der Waals surface area contributed by atoms with E-state index in [0.717, 1.165) is 22.3 Å². The lowest BCUT2D eigenvalue weighted by molar-refractivity contribution is 0.361. The number of terminal acetylenes is 1. The summed E-state index contributed by atoms with van der Waals surface area (Å²) < 4.78 is 6.46. The second-order valence-corrected chi connectivity index (χ2v) is 4.61. The molecule has 0 heterocycles. The third-order valence-electron chi connectivity index (χ3n) is 2.05. The van der Waals surface area contributed by atoms with Crippen LogP contribution < -0.4 is 10.1 Å². The Morgan fingerprint density at radius 1 is 1.50 bits per heavy atom. The number of hydrogen-bond donors (Lipinski definition) is 1. The fraction of sp³-hybridized carbons (Fsp3) is 0.385. The van der Waals surface area contributed by atoms with Crippen LogP contribution in [0.4, 0.5) is 0 Å². The van der Waals surface area contributed by atoms with Crippen LogP contribution >= 0.6 is 15.9 Å². The first-order valence-electron chi connectivity index (χ1n) is 5.22. The summed E-state index contributed by atoms with van der Waals surface area (Å²) in [7, 11) is 0. The molecule has 0 amide bonds. The van der Waals surface area contributed by atoms with Crippen LogP contribution in [-0.2, 0) is 6.54 Å². The van der Waals surface area contributed by atoms with E-state index >= 15 is 0 Å². The molecule has 0 saturated carbocycles. The molecule has 0 aromatic heterocycles. The van der Waals surface area contributed by atoms with Crippen molar-refractivity contribution in [2.24, 2.45) is 0 Å². The Morgan fingerprint density at radius 2 is 2.25 bits per heavy atom. The molecule has 0 bridgehead atoms. The Balaban J connectivity index is 2.81. The molecule has 0 unspecified atom stereocenters. The lowest BCUT2D eigenvalue weighted by atomic mass is 10.2. The third-order valence-corrected chi connectivity index (χ3v) is 2.67. The molecule has 2 nitrogen and oxygen atoms in total. The van der Waals surface area contributed by atoms with Gasteiger partial charge in [0.05, 0.1) is 4.47 Å². The minimum Gasteiger partial charge on any atom is -0.479 e. The molecule has 1 aromatic rings. The molecule has 0 spiro atoms. The summed E-state index contributed by atoms with van der Waals surface area (Å²) in [5.74, 6) is 3.30. The van der Waals surface area contributed by atoms with E-state index in [2.05, 4.69) is 41.0 Å². The normalized spacial score (nSPS) is 10.2. The number of ether oxygens (including phenoxy) is 1. The molecule has 1 aromatic carbocycles. The highest BCUT2D eigenvalue weighted by Gasteiger charge is 2.07. The minimum atomic E-state index is 0.289. The van der Waals surface area contributed by atoms with Crippen molar-refractivity contribution in [3.8, 4) is 18.1 Å². The molecule has 0 saturated heterocycles. The Bertz CT molecular complexity index is 382. The van der Waals surface area contributed by atoms with Gasteiger partial charge in [-0.15, -0.1) is 6.42 Å². The first-order valence-corrected chi connectivity index (χ1v) is 6.01. The monoisotopic (exact) mass is 281 g/mol. The van der Waals surface area contributed by atoms with Crippen LogP contribution in [0.5, 0.6) is 5.75 Å². The fourth-order valence-electron chi connectivity index (χ4n) is 1.28. The average molecular weight is 282 g/mol. The summed E-state index contributed by atoms with van der Waals surface area (Å²) in [6.07, 6.45) is 5.19. The summed E-state index contributed by atoms with van der Waals surface area (Å²) >= 11 is 3.46. The van der Waals surface area contributed by atoms with Crippen molar-refractivity contribution in [2.75, 3.05) is 6.61 Å². The van der Waals surface area contributed by atoms with Gasteiger partial charge in [0.15, 0.2) is 0 Å². The number of halogens is 1. The molecular formula is C13H16BrNO. The van der Waals surface area contributed by atoms with Crippen LogP contribution in [-0.4, -0.2) is 12.6 Å². The summed E-state index contributed by atoms with van der Waals surface area (Å²) in [5, 5.41) is 3.35. The highest BCUT2D eigenvalue weighted by Crippen LogP contribution is 2.29. The molecule has 0 radical (unpaired) electrons. The number of hydrogen-bond acceptors (Lipinski definition) is 2. The predicted molar refractivity (Wildman–Crippen MR) is 70.4 cm³/mol. The Labute approximate surface area is 106 Å². The maximum absolute atomic E-state index is 5.53. The fourth-order valence-corrected chi connectivity index (χ4v) is 1.80. The second kappa shape index (κ2) is 6.57. The molecule has 0 atom stereocenters. The van der Waals surface area contributed by atoms with E-state index in [1.54, 1.807) is 0 Å². The van der Waals surface area contributed by atoms with Gasteiger partial charge in [-0.2, -0.15) is 0 Å². The van der Waals surface area contributed by atoms with Crippen LogP contribution in [0.3, 0.4) is 0 Å². The van der Waals surface area contributed by atoms with E-state index in [9.17, 15) is 0 Å². The summed E-state index contributed by atoms with van der Waals surface area (Å²) in [5.41, 5.74) is 1.11. The van der Waals surface area contributed by atoms with E-state index < -0.39 is 0 Å². The second-order valence-electron chi connectivity index (χ2n) is 3.76. The molecule has 16 heavy (non-hydrogen) atoms. The zero-order valence-electron chi connectivity index (χ0n) is 9.59. The van der Waals surface area contributed by atoms with Crippen LogP contribution in [0.25, 0.3) is 0 Å². The smallest absolute Gasteiger partial charge is 0.148 e. The quantitative estimate of drug-likeness (QED) is 0.838. The first-order chi connectivity index (χ1) is 7.65. The van der Waals surface area contributed by atoms with Crippen LogP contribution in [0.15, 0.2) is 22.7 Å². The standard InChI is InChI=1S/C13H16BrNO/c1-4-8-16-13-11(9-15-10(2)3)6-5-7-12(13)14/h1,5-7,10,15H,8-9H2,2-3H3. The minimum absolute atomic E-state index is 0.289. The third kappa shape index (κ3) is 3.88. The summed E-state index contributed by atoms with van der Waals surface area (Å²) in [6.45, 7) is 5.29. The zero-order chi connectivity index (χ0) is 12.0. The van der Waals surface area contributed by atoms with Crippen molar-refractivity contribution in [3.05, 3.63) is 28.2 Å². The van der Waals surface area contributed by atoms with Crippen molar-refractivity contribution < 1.29 is 4.74 Å². The molecule has 86 valence electrons.